The molecule has 2 nitrogen and oxygen atoms in total. The van der Waals surface area contributed by atoms with Crippen molar-refractivity contribution in [3.8, 4) is 0 Å². The van der Waals surface area contributed by atoms with Crippen LogP contribution in [0.4, 0.5) is 4.39 Å². The Bertz CT molecular complexity index is 415. The molecule has 0 bridgehead atoms. The molecule has 0 spiro atoms. The average Bonchev–Trinajstić information content (AvgIpc) is 3.26. The van der Waals surface area contributed by atoms with Crippen LogP contribution in [0.15, 0.2) is 24.3 Å². The Morgan fingerprint density at radius 2 is 2.11 bits per heavy atom. The second-order valence-corrected chi connectivity index (χ2v) is 5.92. The van der Waals surface area contributed by atoms with Gasteiger partial charge in [-0.25, -0.2) is 4.39 Å². The minimum atomic E-state index is -0.156. The summed E-state index contributed by atoms with van der Waals surface area (Å²) in [5, 5.41) is 3.53. The van der Waals surface area contributed by atoms with Gasteiger partial charge in [-0.1, -0.05) is 12.1 Å². The lowest BCUT2D eigenvalue weighted by Gasteiger charge is -2.18. The fourth-order valence-electron chi connectivity index (χ4n) is 2.29. The minimum Gasteiger partial charge on any atom is -0.380 e. The highest BCUT2D eigenvalue weighted by atomic mass is 19.1. The highest BCUT2D eigenvalue weighted by Gasteiger charge is 2.24. The fourth-order valence-corrected chi connectivity index (χ4v) is 2.29. The maximum Gasteiger partial charge on any atom is 0.123 e. The van der Waals surface area contributed by atoms with Gasteiger partial charge in [-0.3, -0.25) is 0 Å². The summed E-state index contributed by atoms with van der Waals surface area (Å²) in [6.45, 7) is 2.45. The molecule has 0 heterocycles. The lowest BCUT2D eigenvalue weighted by atomic mass is 10.00. The zero-order valence-corrected chi connectivity index (χ0v) is 11.3. The predicted molar refractivity (Wildman–Crippen MR) is 73.7 cm³/mol. The first-order valence-electron chi connectivity index (χ1n) is 7.38. The number of hydrogen-bond acceptors (Lipinski definition) is 2. The Morgan fingerprint density at radius 1 is 1.26 bits per heavy atom. The highest BCUT2D eigenvalue weighted by molar-refractivity contribution is 5.21. The molecular weight excluding hydrogens is 241 g/mol. The first kappa shape index (κ1) is 13.1. The van der Waals surface area contributed by atoms with Gasteiger partial charge in [-0.05, 0) is 49.3 Å². The molecule has 104 valence electrons. The van der Waals surface area contributed by atoms with Crippen LogP contribution < -0.4 is 5.32 Å². The Kier molecular flexibility index (Phi) is 4.14. The molecular formula is C16H22FNO. The van der Waals surface area contributed by atoms with Gasteiger partial charge in [0.2, 0.25) is 0 Å². The Morgan fingerprint density at radius 3 is 2.79 bits per heavy atom. The van der Waals surface area contributed by atoms with E-state index < -0.39 is 0 Å². The van der Waals surface area contributed by atoms with Gasteiger partial charge in [-0.2, -0.15) is 0 Å². The van der Waals surface area contributed by atoms with Crippen molar-refractivity contribution in [2.24, 2.45) is 5.92 Å². The molecule has 1 N–H and O–H groups in total. The minimum absolute atomic E-state index is 0.156. The number of halogens is 1. The van der Waals surface area contributed by atoms with E-state index in [9.17, 15) is 4.39 Å². The molecule has 0 amide bonds. The maximum atomic E-state index is 13.3. The molecule has 2 saturated carbocycles. The van der Waals surface area contributed by atoms with E-state index in [4.69, 9.17) is 4.74 Å². The largest absolute Gasteiger partial charge is 0.380 e. The van der Waals surface area contributed by atoms with Gasteiger partial charge in [0, 0.05) is 25.1 Å². The van der Waals surface area contributed by atoms with E-state index in [0.717, 1.165) is 24.6 Å². The van der Waals surface area contributed by atoms with Crippen molar-refractivity contribution in [3.63, 3.8) is 0 Å². The van der Waals surface area contributed by atoms with Crippen molar-refractivity contribution in [1.82, 2.24) is 5.32 Å². The topological polar surface area (TPSA) is 21.3 Å². The van der Waals surface area contributed by atoms with E-state index in [1.807, 2.05) is 6.07 Å². The van der Waals surface area contributed by atoms with Gasteiger partial charge < -0.3 is 10.1 Å². The van der Waals surface area contributed by atoms with Crippen molar-refractivity contribution >= 4 is 0 Å². The third-order valence-electron chi connectivity index (χ3n) is 3.92. The van der Waals surface area contributed by atoms with Crippen molar-refractivity contribution in [2.75, 3.05) is 19.8 Å². The molecule has 0 aromatic heterocycles. The summed E-state index contributed by atoms with van der Waals surface area (Å²) in [6.07, 6.45) is 5.17. The lowest BCUT2D eigenvalue weighted by molar-refractivity contribution is 0.110. The van der Waals surface area contributed by atoms with Crippen LogP contribution in [0.25, 0.3) is 0 Å². The van der Waals surface area contributed by atoms with Crippen LogP contribution in [0.5, 0.6) is 0 Å². The van der Waals surface area contributed by atoms with Crippen LogP contribution in [0, 0.1) is 11.7 Å². The summed E-state index contributed by atoms with van der Waals surface area (Å²) in [6, 6.07) is 7.61. The average molecular weight is 263 g/mol. The number of ether oxygens (including phenoxy) is 1. The van der Waals surface area contributed by atoms with Gasteiger partial charge in [0.25, 0.3) is 0 Å². The number of nitrogens with one attached hydrogen (secondary N) is 1. The summed E-state index contributed by atoms with van der Waals surface area (Å²) in [5.41, 5.74) is 1.05. The Hall–Kier alpha value is -0.930. The molecule has 1 atom stereocenters. The predicted octanol–water partition coefficient (Wildman–Crippen LogP) is 3.09. The van der Waals surface area contributed by atoms with Crippen molar-refractivity contribution in [3.05, 3.63) is 35.6 Å². The smallest absolute Gasteiger partial charge is 0.123 e. The molecule has 3 heteroatoms. The van der Waals surface area contributed by atoms with Gasteiger partial charge >= 0.3 is 0 Å². The number of rotatable bonds is 8. The van der Waals surface area contributed by atoms with Gasteiger partial charge in [0.15, 0.2) is 0 Å². The summed E-state index contributed by atoms with van der Waals surface area (Å²) in [7, 11) is 0. The van der Waals surface area contributed by atoms with Crippen LogP contribution in [0.3, 0.4) is 0 Å². The number of benzene rings is 1. The van der Waals surface area contributed by atoms with Gasteiger partial charge in [0.1, 0.15) is 5.82 Å². The Labute approximate surface area is 114 Å². The van der Waals surface area contributed by atoms with E-state index in [-0.39, 0.29) is 11.7 Å². The molecule has 0 aliphatic heterocycles. The van der Waals surface area contributed by atoms with E-state index in [2.05, 4.69) is 5.32 Å². The van der Waals surface area contributed by atoms with Crippen LogP contribution in [-0.4, -0.2) is 25.8 Å². The monoisotopic (exact) mass is 263 g/mol. The Balaban J connectivity index is 1.55. The highest BCUT2D eigenvalue weighted by Crippen LogP contribution is 2.29. The van der Waals surface area contributed by atoms with Crippen LogP contribution in [-0.2, 0) is 4.74 Å². The van der Waals surface area contributed by atoms with Crippen molar-refractivity contribution in [2.45, 2.75) is 37.6 Å². The third kappa shape index (κ3) is 4.29. The molecule has 3 rings (SSSR count). The summed E-state index contributed by atoms with van der Waals surface area (Å²) >= 11 is 0. The molecule has 2 aliphatic rings. The lowest BCUT2D eigenvalue weighted by Crippen LogP contribution is -2.26. The molecule has 19 heavy (non-hydrogen) atoms. The first-order chi connectivity index (χ1) is 9.31. The molecule has 2 aliphatic carbocycles. The summed E-state index contributed by atoms with van der Waals surface area (Å²) < 4.78 is 19.1. The van der Waals surface area contributed by atoms with Crippen LogP contribution >= 0.6 is 0 Å². The van der Waals surface area contributed by atoms with E-state index in [1.54, 1.807) is 12.1 Å². The maximum absolute atomic E-state index is 13.3. The fraction of sp³-hybridized carbons (Fsp3) is 0.625. The van der Waals surface area contributed by atoms with E-state index in [1.165, 1.54) is 31.7 Å². The standard InChI is InChI=1S/C16H22FNO/c17-15-3-1-2-13(8-15)14(9-18-16-6-7-16)11-19-10-12-4-5-12/h1-3,8,12,14,16,18H,4-7,9-11H2. The van der Waals surface area contributed by atoms with E-state index in [0.29, 0.717) is 12.6 Å². The normalized spacial score (nSPS) is 20.5. The zero-order valence-electron chi connectivity index (χ0n) is 11.3. The van der Waals surface area contributed by atoms with Crippen LogP contribution in [0.2, 0.25) is 0 Å². The molecule has 0 radical (unpaired) electrons. The van der Waals surface area contributed by atoms with Gasteiger partial charge in [0.05, 0.1) is 6.61 Å². The second kappa shape index (κ2) is 6.02. The quantitative estimate of drug-likeness (QED) is 0.778. The van der Waals surface area contributed by atoms with Crippen molar-refractivity contribution in [1.29, 1.82) is 0 Å². The van der Waals surface area contributed by atoms with E-state index >= 15 is 0 Å². The molecule has 2 fully saturated rings. The molecule has 0 saturated heterocycles. The van der Waals surface area contributed by atoms with Crippen molar-refractivity contribution < 1.29 is 9.13 Å². The summed E-state index contributed by atoms with van der Waals surface area (Å²) in [4.78, 5) is 0. The van der Waals surface area contributed by atoms with Gasteiger partial charge in [-0.15, -0.1) is 0 Å². The first-order valence-corrected chi connectivity index (χ1v) is 7.38. The summed E-state index contributed by atoms with van der Waals surface area (Å²) in [5.74, 6) is 0.885. The molecule has 1 aromatic rings. The number of hydrogen-bond donors (Lipinski definition) is 1. The molecule has 1 aromatic carbocycles. The molecule has 1 unspecified atom stereocenters. The van der Waals surface area contributed by atoms with Crippen LogP contribution in [0.1, 0.15) is 37.2 Å². The third-order valence-corrected chi connectivity index (χ3v) is 3.92. The second-order valence-electron chi connectivity index (χ2n) is 5.92. The SMILES string of the molecule is Fc1cccc(C(CNC2CC2)COCC2CC2)c1. The zero-order chi connectivity index (χ0) is 13.1.